The van der Waals surface area contributed by atoms with E-state index in [-0.39, 0.29) is 12.2 Å². The molecular weight excluding hydrogens is 260 g/mol. The van der Waals surface area contributed by atoms with Gasteiger partial charge in [0.15, 0.2) is 0 Å². The van der Waals surface area contributed by atoms with Gasteiger partial charge in [-0.25, -0.2) is 0 Å². The Morgan fingerprint density at radius 1 is 1.10 bits per heavy atom. The number of nitrogens with zero attached hydrogens (tertiary/aromatic N) is 1. The van der Waals surface area contributed by atoms with E-state index in [1.54, 1.807) is 0 Å². The Balaban J connectivity index is 2.51. The predicted molar refractivity (Wildman–Crippen MR) is 90.1 cm³/mol. The van der Waals surface area contributed by atoms with Gasteiger partial charge in [0.05, 0.1) is 12.2 Å². The number of nitrogens with one attached hydrogen (secondary N) is 1. The van der Waals surface area contributed by atoms with Gasteiger partial charge in [0.1, 0.15) is 0 Å². The molecule has 3 nitrogen and oxygen atoms in total. The maximum atomic E-state index is 12.6. The van der Waals surface area contributed by atoms with Crippen molar-refractivity contribution in [2.24, 2.45) is 11.8 Å². The van der Waals surface area contributed by atoms with Gasteiger partial charge in [-0.1, -0.05) is 60.3 Å². The summed E-state index contributed by atoms with van der Waals surface area (Å²) in [5.74, 6) is 1.73. The van der Waals surface area contributed by atoms with Crippen molar-refractivity contribution >= 4 is 5.91 Å². The lowest BCUT2D eigenvalue weighted by Gasteiger charge is -2.25. The molecule has 0 saturated carbocycles. The Labute approximate surface area is 131 Å². The molecule has 1 aliphatic rings. The maximum Gasteiger partial charge on any atom is 0.241 e. The van der Waals surface area contributed by atoms with Gasteiger partial charge >= 0.3 is 0 Å². The molecule has 1 aliphatic heterocycles. The van der Waals surface area contributed by atoms with Crippen LogP contribution in [0, 0.1) is 11.8 Å². The second kappa shape index (κ2) is 9.45. The molecule has 2 unspecified atom stereocenters. The van der Waals surface area contributed by atoms with Gasteiger partial charge < -0.3 is 4.90 Å². The summed E-state index contributed by atoms with van der Waals surface area (Å²) in [6, 6.07) is 0.0683. The molecule has 0 bridgehead atoms. The largest absolute Gasteiger partial charge is 0.326 e. The monoisotopic (exact) mass is 296 g/mol. The van der Waals surface area contributed by atoms with Crippen LogP contribution in [-0.2, 0) is 4.79 Å². The molecule has 1 fully saturated rings. The lowest BCUT2D eigenvalue weighted by molar-refractivity contribution is -0.130. The Morgan fingerprint density at radius 2 is 1.81 bits per heavy atom. The predicted octanol–water partition coefficient (Wildman–Crippen LogP) is 4.18. The molecule has 0 spiro atoms. The number of carbonyl (C=O) groups excluding carboxylic acids is 1. The highest BCUT2D eigenvalue weighted by atomic mass is 16.2. The van der Waals surface area contributed by atoms with E-state index >= 15 is 0 Å². The highest BCUT2D eigenvalue weighted by molar-refractivity contribution is 5.84. The van der Waals surface area contributed by atoms with Gasteiger partial charge in [-0.05, 0) is 31.1 Å². The minimum Gasteiger partial charge on any atom is -0.326 e. The Morgan fingerprint density at radius 3 is 2.38 bits per heavy atom. The summed E-state index contributed by atoms with van der Waals surface area (Å²) < 4.78 is 0. The molecule has 0 aromatic rings. The zero-order valence-electron chi connectivity index (χ0n) is 14.8. The first-order chi connectivity index (χ1) is 9.95. The van der Waals surface area contributed by atoms with Gasteiger partial charge in [-0.3, -0.25) is 10.1 Å². The van der Waals surface area contributed by atoms with Crippen molar-refractivity contribution in [3.8, 4) is 0 Å². The average molecular weight is 296 g/mol. The molecule has 1 saturated heterocycles. The Bertz CT molecular complexity index is 302. The van der Waals surface area contributed by atoms with Crippen molar-refractivity contribution in [1.29, 1.82) is 0 Å². The van der Waals surface area contributed by atoms with E-state index in [2.05, 4.69) is 44.8 Å². The number of unbranched alkanes of at least 4 members (excludes halogenated alkanes) is 2. The number of rotatable bonds is 10. The lowest BCUT2D eigenvalue weighted by atomic mass is 10.1. The molecule has 3 heteroatoms. The quantitative estimate of drug-likeness (QED) is 0.613. The first-order valence-corrected chi connectivity index (χ1v) is 9.02. The first-order valence-electron chi connectivity index (χ1n) is 9.02. The second-order valence-corrected chi connectivity index (χ2v) is 7.43. The van der Waals surface area contributed by atoms with Crippen molar-refractivity contribution in [2.45, 2.75) is 91.8 Å². The van der Waals surface area contributed by atoms with Gasteiger partial charge in [0.25, 0.3) is 0 Å². The van der Waals surface area contributed by atoms with Gasteiger partial charge in [0.2, 0.25) is 5.91 Å². The highest BCUT2D eigenvalue weighted by Crippen LogP contribution is 2.21. The van der Waals surface area contributed by atoms with Crippen molar-refractivity contribution in [1.82, 2.24) is 10.2 Å². The van der Waals surface area contributed by atoms with Crippen LogP contribution in [0.3, 0.4) is 0 Å². The van der Waals surface area contributed by atoms with Crippen LogP contribution in [0.15, 0.2) is 0 Å². The van der Waals surface area contributed by atoms with E-state index in [9.17, 15) is 4.79 Å². The minimum absolute atomic E-state index is 0.0683. The van der Waals surface area contributed by atoms with Crippen molar-refractivity contribution < 1.29 is 4.79 Å². The number of amides is 1. The lowest BCUT2D eigenvalue weighted by Crippen LogP contribution is -2.39. The summed E-state index contributed by atoms with van der Waals surface area (Å²) in [6.07, 6.45) is 8.26. The highest BCUT2D eigenvalue weighted by Gasteiger charge is 2.37. The zero-order chi connectivity index (χ0) is 15.8. The average Bonchev–Trinajstić information content (AvgIpc) is 2.68. The summed E-state index contributed by atoms with van der Waals surface area (Å²) in [6.45, 7) is 12.1. The van der Waals surface area contributed by atoms with E-state index in [1.165, 1.54) is 12.8 Å². The molecule has 0 aromatic carbocycles. The van der Waals surface area contributed by atoms with E-state index in [1.807, 2.05) is 0 Å². The Hall–Kier alpha value is -0.570. The molecular formula is C18H36N2O. The molecule has 0 radical (unpaired) electrons. The number of hydrogen-bond donors (Lipinski definition) is 1. The second-order valence-electron chi connectivity index (χ2n) is 7.43. The third kappa shape index (κ3) is 6.37. The van der Waals surface area contributed by atoms with Crippen molar-refractivity contribution in [2.75, 3.05) is 6.54 Å². The summed E-state index contributed by atoms with van der Waals surface area (Å²) in [4.78, 5) is 14.7. The molecule has 21 heavy (non-hydrogen) atoms. The van der Waals surface area contributed by atoms with Crippen LogP contribution in [0.5, 0.6) is 0 Å². The fourth-order valence-electron chi connectivity index (χ4n) is 3.10. The summed E-state index contributed by atoms with van der Waals surface area (Å²) in [7, 11) is 0. The third-order valence-corrected chi connectivity index (χ3v) is 4.32. The van der Waals surface area contributed by atoms with Crippen LogP contribution in [0.25, 0.3) is 0 Å². The van der Waals surface area contributed by atoms with Gasteiger partial charge in [-0.15, -0.1) is 0 Å². The molecule has 0 aliphatic carbocycles. The summed E-state index contributed by atoms with van der Waals surface area (Å²) >= 11 is 0. The van der Waals surface area contributed by atoms with Crippen LogP contribution in [-0.4, -0.2) is 29.6 Å². The molecule has 1 amide bonds. The topological polar surface area (TPSA) is 32.3 Å². The normalized spacial score (nSPS) is 22.8. The Kier molecular flexibility index (Phi) is 8.31. The zero-order valence-corrected chi connectivity index (χ0v) is 14.8. The fourth-order valence-corrected chi connectivity index (χ4v) is 3.10. The molecule has 1 heterocycles. The molecule has 0 aromatic heterocycles. The number of hydrogen-bond acceptors (Lipinski definition) is 2. The van der Waals surface area contributed by atoms with E-state index in [0.717, 1.165) is 44.6 Å². The van der Waals surface area contributed by atoms with Crippen LogP contribution < -0.4 is 5.32 Å². The molecule has 124 valence electrons. The van der Waals surface area contributed by atoms with E-state index < -0.39 is 0 Å². The van der Waals surface area contributed by atoms with E-state index in [4.69, 9.17) is 0 Å². The van der Waals surface area contributed by atoms with E-state index in [0.29, 0.717) is 11.8 Å². The van der Waals surface area contributed by atoms with Gasteiger partial charge in [-0.2, -0.15) is 0 Å². The smallest absolute Gasteiger partial charge is 0.241 e. The van der Waals surface area contributed by atoms with Gasteiger partial charge in [0, 0.05) is 6.54 Å². The maximum absolute atomic E-state index is 12.6. The fraction of sp³-hybridized carbons (Fsp3) is 0.944. The molecule has 1 rings (SSSR count). The number of carbonyl (C=O) groups is 1. The standard InChI is InChI=1S/C18H36N2O/c1-6-7-11-16-18(21)20(12-9-8-10-14(2)3)17(19-16)13-15(4)5/h14-17,19H,6-13H2,1-5H3. The summed E-state index contributed by atoms with van der Waals surface area (Å²) in [5.41, 5.74) is 0. The molecule has 1 N–H and O–H groups in total. The minimum atomic E-state index is 0.0683. The third-order valence-electron chi connectivity index (χ3n) is 4.32. The first kappa shape index (κ1) is 18.5. The van der Waals surface area contributed by atoms with Crippen molar-refractivity contribution in [3.05, 3.63) is 0 Å². The van der Waals surface area contributed by atoms with Crippen LogP contribution in [0.1, 0.15) is 79.6 Å². The van der Waals surface area contributed by atoms with Crippen LogP contribution in [0.2, 0.25) is 0 Å². The summed E-state index contributed by atoms with van der Waals surface area (Å²) in [5, 5.41) is 3.58. The van der Waals surface area contributed by atoms with Crippen molar-refractivity contribution in [3.63, 3.8) is 0 Å². The van der Waals surface area contributed by atoms with Crippen LogP contribution >= 0.6 is 0 Å². The SMILES string of the molecule is CCCCC1NC(CC(C)C)N(CCCCC(C)C)C1=O. The molecule has 2 atom stereocenters. The van der Waals surface area contributed by atoms with Crippen LogP contribution in [0.4, 0.5) is 0 Å².